The van der Waals surface area contributed by atoms with Gasteiger partial charge < -0.3 is 4.57 Å². The fourth-order valence-electron chi connectivity index (χ4n) is 1.60. The Morgan fingerprint density at radius 2 is 1.81 bits per heavy atom. The summed E-state index contributed by atoms with van der Waals surface area (Å²) in [5.41, 5.74) is 2.19. The lowest BCUT2D eigenvalue weighted by Gasteiger charge is -2.06. The van der Waals surface area contributed by atoms with Gasteiger partial charge in [0.2, 0.25) is 0 Å². The van der Waals surface area contributed by atoms with Gasteiger partial charge in [0.25, 0.3) is 0 Å². The molecule has 16 heavy (non-hydrogen) atoms. The monoisotopic (exact) mass is 207 g/mol. The molecule has 0 saturated carbocycles. The first-order valence-corrected chi connectivity index (χ1v) is 4.88. The number of nitrogens with zero attached hydrogens (tertiary/aromatic N) is 3. The Hall–Kier alpha value is -2.52. The SMILES string of the molecule is N#Cc1ccccc1Cn1cccc1C#N. The number of rotatable bonds is 2. The van der Waals surface area contributed by atoms with Gasteiger partial charge in [0.05, 0.1) is 11.6 Å². The Morgan fingerprint density at radius 3 is 2.56 bits per heavy atom. The van der Waals surface area contributed by atoms with Gasteiger partial charge in [-0.15, -0.1) is 0 Å². The fourth-order valence-corrected chi connectivity index (χ4v) is 1.60. The standard InChI is InChI=1S/C13H9N3/c14-8-11-4-1-2-5-12(11)10-16-7-3-6-13(16)9-15/h1-7H,10H2. The van der Waals surface area contributed by atoms with Crippen molar-refractivity contribution in [1.82, 2.24) is 4.57 Å². The molecule has 2 aromatic rings. The van der Waals surface area contributed by atoms with E-state index >= 15 is 0 Å². The van der Waals surface area contributed by atoms with Crippen LogP contribution in [0.4, 0.5) is 0 Å². The first-order valence-electron chi connectivity index (χ1n) is 4.88. The average Bonchev–Trinajstić information content (AvgIpc) is 2.77. The van der Waals surface area contributed by atoms with E-state index in [0.29, 0.717) is 17.8 Å². The number of hydrogen-bond acceptors (Lipinski definition) is 2. The Kier molecular flexibility index (Phi) is 2.71. The van der Waals surface area contributed by atoms with Crippen LogP contribution < -0.4 is 0 Å². The van der Waals surface area contributed by atoms with Crippen LogP contribution in [0.15, 0.2) is 42.6 Å². The molecule has 0 aliphatic rings. The highest BCUT2D eigenvalue weighted by atomic mass is 15.0. The van der Waals surface area contributed by atoms with Gasteiger partial charge in [-0.2, -0.15) is 10.5 Å². The van der Waals surface area contributed by atoms with Crippen molar-refractivity contribution < 1.29 is 0 Å². The molecule has 0 N–H and O–H groups in total. The molecular weight excluding hydrogens is 198 g/mol. The third-order valence-corrected chi connectivity index (χ3v) is 2.42. The van der Waals surface area contributed by atoms with E-state index in [1.165, 1.54) is 0 Å². The molecule has 1 aromatic carbocycles. The summed E-state index contributed by atoms with van der Waals surface area (Å²) in [7, 11) is 0. The van der Waals surface area contributed by atoms with E-state index in [0.717, 1.165) is 5.56 Å². The van der Waals surface area contributed by atoms with E-state index in [1.807, 2.05) is 35.0 Å². The summed E-state index contributed by atoms with van der Waals surface area (Å²) in [6, 6.07) is 15.3. The average molecular weight is 207 g/mol. The van der Waals surface area contributed by atoms with Gasteiger partial charge in [-0.25, -0.2) is 0 Å². The maximum Gasteiger partial charge on any atom is 0.120 e. The number of aromatic nitrogens is 1. The molecule has 0 aliphatic heterocycles. The highest BCUT2D eigenvalue weighted by Gasteiger charge is 2.04. The second-order valence-corrected chi connectivity index (χ2v) is 3.40. The molecule has 1 heterocycles. The molecule has 1 aromatic heterocycles. The number of benzene rings is 1. The largest absolute Gasteiger partial charge is 0.335 e. The lowest BCUT2D eigenvalue weighted by Crippen LogP contribution is -2.02. The number of nitriles is 2. The Labute approximate surface area is 93.8 Å². The Bertz CT molecular complexity index is 582. The van der Waals surface area contributed by atoms with Crippen LogP contribution in [0.2, 0.25) is 0 Å². The zero-order valence-electron chi connectivity index (χ0n) is 8.59. The van der Waals surface area contributed by atoms with Gasteiger partial charge in [-0.05, 0) is 23.8 Å². The first kappa shape index (κ1) is 10.0. The van der Waals surface area contributed by atoms with Crippen molar-refractivity contribution in [2.75, 3.05) is 0 Å². The van der Waals surface area contributed by atoms with Crippen molar-refractivity contribution in [3.63, 3.8) is 0 Å². The second kappa shape index (κ2) is 4.33. The second-order valence-electron chi connectivity index (χ2n) is 3.40. The summed E-state index contributed by atoms with van der Waals surface area (Å²) in [6.07, 6.45) is 1.84. The summed E-state index contributed by atoms with van der Waals surface area (Å²) in [5.74, 6) is 0. The summed E-state index contributed by atoms with van der Waals surface area (Å²) >= 11 is 0. The molecule has 0 amide bonds. The van der Waals surface area contributed by atoms with Crippen molar-refractivity contribution in [2.24, 2.45) is 0 Å². The summed E-state index contributed by atoms with van der Waals surface area (Å²) in [4.78, 5) is 0. The predicted octanol–water partition coefficient (Wildman–Crippen LogP) is 2.28. The number of hydrogen-bond donors (Lipinski definition) is 0. The van der Waals surface area contributed by atoms with E-state index < -0.39 is 0 Å². The van der Waals surface area contributed by atoms with Crippen LogP contribution in [-0.4, -0.2) is 4.57 Å². The van der Waals surface area contributed by atoms with Crippen LogP contribution in [0, 0.1) is 22.7 Å². The Balaban J connectivity index is 2.36. The minimum atomic E-state index is 0.555. The first-order chi connectivity index (χ1) is 7.85. The van der Waals surface area contributed by atoms with Gasteiger partial charge in [0.15, 0.2) is 0 Å². The Morgan fingerprint density at radius 1 is 1.00 bits per heavy atom. The van der Waals surface area contributed by atoms with Crippen LogP contribution in [0.5, 0.6) is 0 Å². The van der Waals surface area contributed by atoms with Crippen molar-refractivity contribution in [1.29, 1.82) is 10.5 Å². The van der Waals surface area contributed by atoms with E-state index in [1.54, 1.807) is 12.1 Å². The quantitative estimate of drug-likeness (QED) is 0.758. The predicted molar refractivity (Wildman–Crippen MR) is 59.4 cm³/mol. The van der Waals surface area contributed by atoms with Gasteiger partial charge in [0.1, 0.15) is 11.8 Å². The maximum atomic E-state index is 8.95. The molecule has 0 unspecified atom stereocenters. The van der Waals surface area contributed by atoms with E-state index in [-0.39, 0.29) is 0 Å². The molecule has 3 nitrogen and oxygen atoms in total. The van der Waals surface area contributed by atoms with E-state index in [2.05, 4.69) is 12.1 Å². The van der Waals surface area contributed by atoms with Crippen molar-refractivity contribution in [3.8, 4) is 12.1 Å². The lowest BCUT2D eigenvalue weighted by atomic mass is 10.1. The maximum absolute atomic E-state index is 8.95. The minimum absolute atomic E-state index is 0.555. The van der Waals surface area contributed by atoms with Crippen LogP contribution in [0.25, 0.3) is 0 Å². The molecule has 0 fully saturated rings. The lowest BCUT2D eigenvalue weighted by molar-refractivity contribution is 0.791. The summed E-state index contributed by atoms with van der Waals surface area (Å²) < 4.78 is 1.83. The smallest absolute Gasteiger partial charge is 0.120 e. The van der Waals surface area contributed by atoms with Crippen LogP contribution >= 0.6 is 0 Å². The molecule has 3 heteroatoms. The third-order valence-electron chi connectivity index (χ3n) is 2.42. The molecule has 2 rings (SSSR count). The summed E-state index contributed by atoms with van der Waals surface area (Å²) in [6.45, 7) is 0.555. The molecule has 0 spiro atoms. The van der Waals surface area contributed by atoms with Crippen molar-refractivity contribution >= 4 is 0 Å². The molecule has 0 atom stereocenters. The molecular formula is C13H9N3. The van der Waals surface area contributed by atoms with Crippen LogP contribution in [-0.2, 0) is 6.54 Å². The highest BCUT2D eigenvalue weighted by molar-refractivity contribution is 5.38. The van der Waals surface area contributed by atoms with Crippen LogP contribution in [0.1, 0.15) is 16.8 Å². The van der Waals surface area contributed by atoms with E-state index in [9.17, 15) is 0 Å². The normalized spacial score (nSPS) is 9.38. The van der Waals surface area contributed by atoms with Crippen LogP contribution in [0.3, 0.4) is 0 Å². The fraction of sp³-hybridized carbons (Fsp3) is 0.0769. The van der Waals surface area contributed by atoms with Crippen molar-refractivity contribution in [3.05, 3.63) is 59.4 Å². The molecule has 0 bridgehead atoms. The van der Waals surface area contributed by atoms with Crippen molar-refractivity contribution in [2.45, 2.75) is 6.54 Å². The molecule has 76 valence electrons. The minimum Gasteiger partial charge on any atom is -0.335 e. The summed E-state index contributed by atoms with van der Waals surface area (Å²) in [5, 5.41) is 17.8. The van der Waals surface area contributed by atoms with Gasteiger partial charge in [-0.1, -0.05) is 18.2 Å². The van der Waals surface area contributed by atoms with Gasteiger partial charge in [-0.3, -0.25) is 0 Å². The molecule has 0 saturated heterocycles. The highest BCUT2D eigenvalue weighted by Crippen LogP contribution is 2.11. The topological polar surface area (TPSA) is 52.5 Å². The van der Waals surface area contributed by atoms with Gasteiger partial charge in [0, 0.05) is 12.7 Å². The zero-order chi connectivity index (χ0) is 11.4. The third kappa shape index (κ3) is 1.80. The van der Waals surface area contributed by atoms with Gasteiger partial charge >= 0.3 is 0 Å². The zero-order valence-corrected chi connectivity index (χ0v) is 8.59. The molecule has 0 aliphatic carbocycles. The molecule has 0 radical (unpaired) electrons. The van der Waals surface area contributed by atoms with E-state index in [4.69, 9.17) is 10.5 Å².